The average molecular weight is 417 g/mol. The Bertz CT molecular complexity index is 1170. The van der Waals surface area contributed by atoms with Gasteiger partial charge in [-0.3, -0.25) is 0 Å². The molecule has 4 aromatic rings. The maximum absolute atomic E-state index is 9.35. The Morgan fingerprint density at radius 2 is 1.16 bits per heavy atom. The monoisotopic (exact) mass is 416 g/mol. The van der Waals surface area contributed by atoms with Crippen LogP contribution < -0.4 is 9.47 Å². The molecule has 0 bridgehead atoms. The van der Waals surface area contributed by atoms with Crippen molar-refractivity contribution < 1.29 is 19.3 Å². The van der Waals surface area contributed by atoms with E-state index in [2.05, 4.69) is 30.3 Å². The van der Waals surface area contributed by atoms with E-state index in [1.54, 1.807) is 0 Å². The van der Waals surface area contributed by atoms with E-state index < -0.39 is 0 Å². The zero-order chi connectivity index (χ0) is 21.6. The molecule has 0 aliphatic carbocycles. The summed E-state index contributed by atoms with van der Waals surface area (Å²) in [6.07, 6.45) is 0.163. The number of benzene rings is 4. The molecule has 4 nitrogen and oxygen atoms in total. The van der Waals surface area contributed by atoms with Gasteiger partial charge in [-0.05, 0) is 47.5 Å². The minimum atomic E-state index is -0.0439. The number of rotatable bonds is 9. The van der Waals surface area contributed by atoms with Gasteiger partial charge in [0.1, 0.15) is 24.7 Å². The second-order valence-corrected chi connectivity index (χ2v) is 7.66. The van der Waals surface area contributed by atoms with Crippen LogP contribution in [0.5, 0.6) is 11.5 Å². The SMILES string of the molecule is CC(C)OCCOc1ccc2ccccc2c1-c1c(OCCO)ccc2ccccc12. The Kier molecular flexibility index (Phi) is 6.70. The molecule has 0 radical (unpaired) electrons. The quantitative estimate of drug-likeness (QED) is 0.349. The summed E-state index contributed by atoms with van der Waals surface area (Å²) in [5.41, 5.74) is 1.97. The lowest BCUT2D eigenvalue weighted by molar-refractivity contribution is 0.0554. The van der Waals surface area contributed by atoms with E-state index in [1.807, 2.05) is 56.3 Å². The van der Waals surface area contributed by atoms with E-state index >= 15 is 0 Å². The fraction of sp³-hybridized carbons (Fsp3) is 0.259. The van der Waals surface area contributed by atoms with E-state index in [9.17, 15) is 5.11 Å². The summed E-state index contributed by atoms with van der Waals surface area (Å²) in [4.78, 5) is 0. The fourth-order valence-corrected chi connectivity index (χ4v) is 3.85. The molecule has 0 aromatic heterocycles. The van der Waals surface area contributed by atoms with Crippen LogP contribution in [0.3, 0.4) is 0 Å². The van der Waals surface area contributed by atoms with Crippen molar-refractivity contribution in [1.29, 1.82) is 0 Å². The van der Waals surface area contributed by atoms with E-state index in [4.69, 9.17) is 14.2 Å². The molecule has 4 rings (SSSR count). The first-order chi connectivity index (χ1) is 15.2. The van der Waals surface area contributed by atoms with Crippen molar-refractivity contribution in [3.05, 3.63) is 72.8 Å². The normalized spacial score (nSPS) is 11.4. The number of hydrogen-bond donors (Lipinski definition) is 1. The molecule has 0 saturated carbocycles. The maximum atomic E-state index is 9.35. The van der Waals surface area contributed by atoms with Crippen molar-refractivity contribution in [2.45, 2.75) is 20.0 Å². The van der Waals surface area contributed by atoms with Crippen LogP contribution in [0.15, 0.2) is 72.8 Å². The van der Waals surface area contributed by atoms with Gasteiger partial charge in [-0.25, -0.2) is 0 Å². The Labute approximate surface area is 183 Å². The van der Waals surface area contributed by atoms with Gasteiger partial charge >= 0.3 is 0 Å². The van der Waals surface area contributed by atoms with Crippen molar-refractivity contribution in [3.8, 4) is 22.6 Å². The summed E-state index contributed by atoms with van der Waals surface area (Å²) < 4.78 is 17.9. The molecule has 0 fully saturated rings. The number of aliphatic hydroxyl groups is 1. The molecule has 4 heteroatoms. The van der Waals surface area contributed by atoms with Crippen molar-refractivity contribution in [2.24, 2.45) is 0 Å². The van der Waals surface area contributed by atoms with Crippen molar-refractivity contribution in [3.63, 3.8) is 0 Å². The third-order valence-electron chi connectivity index (χ3n) is 5.17. The van der Waals surface area contributed by atoms with Crippen molar-refractivity contribution in [2.75, 3.05) is 26.4 Å². The van der Waals surface area contributed by atoms with Gasteiger partial charge in [0.05, 0.1) is 19.3 Å². The van der Waals surface area contributed by atoms with Gasteiger partial charge < -0.3 is 19.3 Å². The second-order valence-electron chi connectivity index (χ2n) is 7.66. The molecular formula is C27H28O4. The maximum Gasteiger partial charge on any atom is 0.128 e. The molecule has 0 spiro atoms. The van der Waals surface area contributed by atoms with Crippen molar-refractivity contribution >= 4 is 21.5 Å². The first-order valence-corrected chi connectivity index (χ1v) is 10.7. The van der Waals surface area contributed by atoms with Gasteiger partial charge in [-0.1, -0.05) is 60.7 Å². The largest absolute Gasteiger partial charge is 0.491 e. The van der Waals surface area contributed by atoms with Crippen molar-refractivity contribution in [1.82, 2.24) is 0 Å². The summed E-state index contributed by atoms with van der Waals surface area (Å²) in [6.45, 7) is 5.20. The molecule has 160 valence electrons. The predicted molar refractivity (Wildman–Crippen MR) is 126 cm³/mol. The summed E-state index contributed by atoms with van der Waals surface area (Å²) in [6, 6.07) is 24.7. The van der Waals surface area contributed by atoms with Gasteiger partial charge in [0.25, 0.3) is 0 Å². The Morgan fingerprint density at radius 3 is 1.68 bits per heavy atom. The zero-order valence-electron chi connectivity index (χ0n) is 18.0. The molecule has 0 saturated heterocycles. The fourth-order valence-electron chi connectivity index (χ4n) is 3.85. The molecule has 0 heterocycles. The molecule has 1 N–H and O–H groups in total. The van der Waals surface area contributed by atoms with E-state index in [0.29, 0.717) is 13.2 Å². The number of ether oxygens (including phenoxy) is 3. The van der Waals surface area contributed by atoms with Crippen LogP contribution in [-0.2, 0) is 4.74 Å². The highest BCUT2D eigenvalue weighted by Crippen LogP contribution is 2.45. The number of hydrogen-bond acceptors (Lipinski definition) is 4. The van der Waals surface area contributed by atoms with Gasteiger partial charge in [-0.2, -0.15) is 0 Å². The number of aliphatic hydroxyl groups excluding tert-OH is 1. The molecule has 0 amide bonds. The molecule has 0 unspecified atom stereocenters. The third kappa shape index (κ3) is 4.66. The molecule has 0 aliphatic heterocycles. The van der Waals surface area contributed by atoms with Gasteiger partial charge in [0.15, 0.2) is 0 Å². The first kappa shape index (κ1) is 21.2. The molecule has 0 atom stereocenters. The second kappa shape index (κ2) is 9.82. The van der Waals surface area contributed by atoms with Crippen LogP contribution in [0, 0.1) is 0 Å². The average Bonchev–Trinajstić information content (AvgIpc) is 2.80. The van der Waals surface area contributed by atoms with E-state index in [-0.39, 0.29) is 19.3 Å². The third-order valence-corrected chi connectivity index (χ3v) is 5.17. The Balaban J connectivity index is 1.91. The summed E-state index contributed by atoms with van der Waals surface area (Å²) in [7, 11) is 0. The van der Waals surface area contributed by atoms with Crippen LogP contribution in [0.4, 0.5) is 0 Å². The van der Waals surface area contributed by atoms with Crippen LogP contribution in [0.25, 0.3) is 32.7 Å². The zero-order valence-corrected chi connectivity index (χ0v) is 18.0. The molecule has 4 aromatic carbocycles. The minimum absolute atomic E-state index is 0.0439. The highest BCUT2D eigenvalue weighted by Gasteiger charge is 2.19. The van der Waals surface area contributed by atoms with Gasteiger partial charge in [0.2, 0.25) is 0 Å². The first-order valence-electron chi connectivity index (χ1n) is 10.7. The Morgan fingerprint density at radius 1 is 0.645 bits per heavy atom. The van der Waals surface area contributed by atoms with Gasteiger partial charge in [-0.15, -0.1) is 0 Å². The lowest BCUT2D eigenvalue weighted by Crippen LogP contribution is -2.11. The lowest BCUT2D eigenvalue weighted by atomic mass is 9.92. The van der Waals surface area contributed by atoms with Crippen LogP contribution in [0.2, 0.25) is 0 Å². The summed E-state index contributed by atoms with van der Waals surface area (Å²) >= 11 is 0. The van der Waals surface area contributed by atoms with Crippen LogP contribution in [0.1, 0.15) is 13.8 Å². The van der Waals surface area contributed by atoms with E-state index in [1.165, 1.54) is 0 Å². The molecule has 31 heavy (non-hydrogen) atoms. The minimum Gasteiger partial charge on any atom is -0.491 e. The van der Waals surface area contributed by atoms with Gasteiger partial charge in [0, 0.05) is 11.1 Å². The smallest absolute Gasteiger partial charge is 0.128 e. The van der Waals surface area contributed by atoms with E-state index in [0.717, 1.165) is 44.2 Å². The summed E-state index contributed by atoms with van der Waals surface area (Å²) in [5, 5.41) is 13.8. The number of fused-ring (bicyclic) bond motifs is 2. The van der Waals surface area contributed by atoms with Crippen LogP contribution >= 0.6 is 0 Å². The highest BCUT2D eigenvalue weighted by atomic mass is 16.5. The topological polar surface area (TPSA) is 47.9 Å². The standard InChI is InChI=1S/C27H28O4/c1-19(2)29-17-18-31-25-14-12-21-8-4-6-10-23(21)27(25)26-22-9-5-3-7-20(22)11-13-24(26)30-16-15-28/h3-14,19,28H,15-18H2,1-2H3. The lowest BCUT2D eigenvalue weighted by Gasteiger charge is -2.19. The molecular weight excluding hydrogens is 388 g/mol. The highest BCUT2D eigenvalue weighted by molar-refractivity contribution is 6.09. The Hall–Kier alpha value is -3.08. The van der Waals surface area contributed by atoms with Crippen LogP contribution in [-0.4, -0.2) is 37.6 Å². The molecule has 0 aliphatic rings. The predicted octanol–water partition coefficient (Wildman–Crippen LogP) is 5.83. The summed E-state index contributed by atoms with van der Waals surface area (Å²) in [5.74, 6) is 1.52.